The Morgan fingerprint density at radius 1 is 1.58 bits per heavy atom. The highest BCUT2D eigenvalue weighted by molar-refractivity contribution is 5.33. The van der Waals surface area contributed by atoms with E-state index in [1.807, 2.05) is 6.92 Å². The van der Waals surface area contributed by atoms with E-state index in [1.54, 1.807) is 20.1 Å². The van der Waals surface area contributed by atoms with Gasteiger partial charge in [-0.15, -0.1) is 0 Å². The van der Waals surface area contributed by atoms with Crippen LogP contribution in [0.15, 0.2) is 12.3 Å². The van der Waals surface area contributed by atoms with Crippen LogP contribution in [-0.4, -0.2) is 7.11 Å². The maximum absolute atomic E-state index is 11.1. The second-order valence-corrected chi connectivity index (χ2v) is 2.64. The van der Waals surface area contributed by atoms with Crippen molar-refractivity contribution in [3.05, 3.63) is 28.7 Å². The Labute approximate surface area is 72.2 Å². The summed E-state index contributed by atoms with van der Waals surface area (Å²) in [6, 6.07) is 1.79. The van der Waals surface area contributed by atoms with Gasteiger partial charge in [-0.2, -0.15) is 4.73 Å². The van der Waals surface area contributed by atoms with Gasteiger partial charge in [0, 0.05) is 18.6 Å². The number of rotatable bonds is 2. The topological polar surface area (TPSA) is 36.2 Å². The molecule has 1 aromatic rings. The van der Waals surface area contributed by atoms with Crippen molar-refractivity contribution in [2.75, 3.05) is 7.11 Å². The standard InChI is InChI=1S/C9H13NO2/c1-4-8-5-6-10(11)7(2)9(8)12-3/h5-6H,4H2,1-3H3. The second kappa shape index (κ2) is 3.43. The molecule has 0 aromatic carbocycles. The molecule has 0 fully saturated rings. The molecule has 0 saturated carbocycles. The highest BCUT2D eigenvalue weighted by Crippen LogP contribution is 2.19. The summed E-state index contributed by atoms with van der Waals surface area (Å²) in [5.41, 5.74) is 1.69. The lowest BCUT2D eigenvalue weighted by Crippen LogP contribution is -2.30. The fraction of sp³-hybridized carbons (Fsp3) is 0.444. The van der Waals surface area contributed by atoms with E-state index in [0.717, 1.165) is 16.7 Å². The molecule has 0 aliphatic heterocycles. The minimum Gasteiger partial charge on any atom is -0.618 e. The molecular weight excluding hydrogens is 154 g/mol. The quantitative estimate of drug-likeness (QED) is 0.490. The molecule has 0 spiro atoms. The van der Waals surface area contributed by atoms with E-state index in [9.17, 15) is 5.21 Å². The zero-order valence-electron chi connectivity index (χ0n) is 7.63. The molecule has 0 radical (unpaired) electrons. The van der Waals surface area contributed by atoms with Gasteiger partial charge in [-0.1, -0.05) is 6.92 Å². The molecule has 1 rings (SSSR count). The minimum absolute atomic E-state index is 0.622. The molecule has 0 aliphatic rings. The Morgan fingerprint density at radius 3 is 2.75 bits per heavy atom. The zero-order valence-corrected chi connectivity index (χ0v) is 7.63. The fourth-order valence-electron chi connectivity index (χ4n) is 1.23. The summed E-state index contributed by atoms with van der Waals surface area (Å²) >= 11 is 0. The Kier molecular flexibility index (Phi) is 2.53. The number of pyridine rings is 1. The molecule has 0 aliphatic carbocycles. The second-order valence-electron chi connectivity index (χ2n) is 2.64. The average Bonchev–Trinajstić information content (AvgIpc) is 2.09. The van der Waals surface area contributed by atoms with E-state index in [-0.39, 0.29) is 0 Å². The Morgan fingerprint density at radius 2 is 2.25 bits per heavy atom. The summed E-state index contributed by atoms with van der Waals surface area (Å²) in [5.74, 6) is 0.704. The molecule has 3 nitrogen and oxygen atoms in total. The van der Waals surface area contributed by atoms with Gasteiger partial charge in [-0.25, -0.2) is 0 Å². The van der Waals surface area contributed by atoms with E-state index in [0.29, 0.717) is 11.4 Å². The summed E-state index contributed by atoms with van der Waals surface area (Å²) in [6.45, 7) is 3.79. The van der Waals surface area contributed by atoms with Crippen LogP contribution in [0.1, 0.15) is 18.2 Å². The zero-order chi connectivity index (χ0) is 9.14. The van der Waals surface area contributed by atoms with Crippen molar-refractivity contribution in [3.63, 3.8) is 0 Å². The third-order valence-corrected chi connectivity index (χ3v) is 1.95. The number of ether oxygens (including phenoxy) is 1. The van der Waals surface area contributed by atoms with Crippen molar-refractivity contribution in [1.82, 2.24) is 0 Å². The fourth-order valence-corrected chi connectivity index (χ4v) is 1.23. The van der Waals surface area contributed by atoms with Crippen LogP contribution in [0.25, 0.3) is 0 Å². The summed E-state index contributed by atoms with van der Waals surface area (Å²) in [6.07, 6.45) is 2.39. The predicted molar refractivity (Wildman–Crippen MR) is 46.1 cm³/mol. The summed E-state index contributed by atoms with van der Waals surface area (Å²) in [7, 11) is 1.58. The molecule has 1 aromatic heterocycles. The van der Waals surface area contributed by atoms with Gasteiger partial charge in [-0.05, 0) is 6.42 Å². The van der Waals surface area contributed by atoms with Gasteiger partial charge in [-0.3, -0.25) is 0 Å². The summed E-state index contributed by atoms with van der Waals surface area (Å²) in [5, 5.41) is 11.1. The van der Waals surface area contributed by atoms with Crippen LogP contribution in [0.3, 0.4) is 0 Å². The minimum atomic E-state index is 0.622. The Bertz CT molecular complexity index is 284. The van der Waals surface area contributed by atoms with Crippen molar-refractivity contribution in [1.29, 1.82) is 0 Å². The van der Waals surface area contributed by atoms with Crippen LogP contribution in [-0.2, 0) is 6.42 Å². The van der Waals surface area contributed by atoms with Crippen molar-refractivity contribution in [3.8, 4) is 5.75 Å². The Balaban J connectivity index is 3.25. The van der Waals surface area contributed by atoms with Gasteiger partial charge in [0.1, 0.15) is 0 Å². The molecule has 0 N–H and O–H groups in total. The first kappa shape index (κ1) is 8.84. The van der Waals surface area contributed by atoms with Crippen LogP contribution >= 0.6 is 0 Å². The van der Waals surface area contributed by atoms with Gasteiger partial charge in [0.15, 0.2) is 11.9 Å². The van der Waals surface area contributed by atoms with Crippen LogP contribution < -0.4 is 9.47 Å². The van der Waals surface area contributed by atoms with Crippen molar-refractivity contribution in [2.45, 2.75) is 20.3 Å². The lowest BCUT2D eigenvalue weighted by Gasteiger charge is -2.08. The summed E-state index contributed by atoms with van der Waals surface area (Å²) < 4.78 is 5.94. The molecule has 0 atom stereocenters. The number of hydrogen-bond acceptors (Lipinski definition) is 2. The first-order valence-electron chi connectivity index (χ1n) is 3.96. The van der Waals surface area contributed by atoms with Crippen molar-refractivity contribution in [2.24, 2.45) is 0 Å². The van der Waals surface area contributed by atoms with Crippen LogP contribution in [0.5, 0.6) is 5.75 Å². The van der Waals surface area contributed by atoms with E-state index >= 15 is 0 Å². The number of nitrogens with zero attached hydrogens (tertiary/aromatic N) is 1. The van der Waals surface area contributed by atoms with E-state index in [2.05, 4.69) is 0 Å². The highest BCUT2D eigenvalue weighted by atomic mass is 16.5. The van der Waals surface area contributed by atoms with E-state index in [4.69, 9.17) is 4.74 Å². The number of aryl methyl sites for hydroxylation is 1. The number of hydrogen-bond donors (Lipinski definition) is 0. The van der Waals surface area contributed by atoms with Gasteiger partial charge in [0.2, 0.25) is 5.69 Å². The first-order chi connectivity index (χ1) is 5.70. The lowest BCUT2D eigenvalue weighted by molar-refractivity contribution is -0.612. The maximum Gasteiger partial charge on any atom is 0.232 e. The number of methoxy groups -OCH3 is 1. The van der Waals surface area contributed by atoms with E-state index < -0.39 is 0 Å². The number of aromatic nitrogens is 1. The molecule has 0 bridgehead atoms. The van der Waals surface area contributed by atoms with Gasteiger partial charge >= 0.3 is 0 Å². The summed E-state index contributed by atoms with van der Waals surface area (Å²) in [4.78, 5) is 0. The molecule has 0 unspecified atom stereocenters. The molecule has 1 heterocycles. The molecule has 3 heteroatoms. The molecule has 0 saturated heterocycles. The molecule has 66 valence electrons. The third kappa shape index (κ3) is 1.35. The largest absolute Gasteiger partial charge is 0.618 e. The van der Waals surface area contributed by atoms with Crippen LogP contribution in [0.4, 0.5) is 0 Å². The third-order valence-electron chi connectivity index (χ3n) is 1.95. The van der Waals surface area contributed by atoms with Crippen LogP contribution in [0, 0.1) is 12.1 Å². The van der Waals surface area contributed by atoms with Gasteiger partial charge in [0.25, 0.3) is 0 Å². The van der Waals surface area contributed by atoms with Crippen molar-refractivity contribution >= 4 is 0 Å². The smallest absolute Gasteiger partial charge is 0.232 e. The molecule has 12 heavy (non-hydrogen) atoms. The predicted octanol–water partition coefficient (Wildman–Crippen LogP) is 1.20. The maximum atomic E-state index is 11.1. The average molecular weight is 167 g/mol. The molecule has 0 amide bonds. The Hall–Kier alpha value is -1.25. The lowest BCUT2D eigenvalue weighted by atomic mass is 10.1. The normalized spacial score (nSPS) is 9.92. The van der Waals surface area contributed by atoms with Crippen LogP contribution in [0.2, 0.25) is 0 Å². The van der Waals surface area contributed by atoms with Crippen molar-refractivity contribution < 1.29 is 9.47 Å². The monoisotopic (exact) mass is 167 g/mol. The van der Waals surface area contributed by atoms with Gasteiger partial charge in [0.05, 0.1) is 7.11 Å². The SMILES string of the molecule is CCc1cc[n+]([O-])c(C)c1OC. The van der Waals surface area contributed by atoms with E-state index in [1.165, 1.54) is 6.20 Å². The molecular formula is C9H13NO2. The highest BCUT2D eigenvalue weighted by Gasteiger charge is 2.11. The van der Waals surface area contributed by atoms with Gasteiger partial charge < -0.3 is 9.94 Å². The first-order valence-corrected chi connectivity index (χ1v) is 3.96.